The Bertz CT molecular complexity index is 1430. The molecule has 9 heteroatoms. The van der Waals surface area contributed by atoms with E-state index in [0.717, 1.165) is 16.1 Å². The Morgan fingerprint density at radius 1 is 1.18 bits per heavy atom. The van der Waals surface area contributed by atoms with E-state index in [1.165, 1.54) is 28.0 Å². The van der Waals surface area contributed by atoms with E-state index in [0.29, 0.717) is 34.6 Å². The van der Waals surface area contributed by atoms with Crippen LogP contribution in [0.2, 0.25) is 0 Å². The zero-order valence-electron chi connectivity index (χ0n) is 17.7. The molecule has 0 amide bonds. The molecule has 1 unspecified atom stereocenters. The topological polar surface area (TPSA) is 99.9 Å². The minimum Gasteiger partial charge on any atom is -0.456 e. The molecule has 0 fully saturated rings. The van der Waals surface area contributed by atoms with Crippen LogP contribution in [-0.4, -0.2) is 26.5 Å². The van der Waals surface area contributed by atoms with Crippen LogP contribution in [0.15, 0.2) is 59.4 Å². The van der Waals surface area contributed by atoms with Gasteiger partial charge in [-0.25, -0.2) is 14.6 Å². The molecule has 0 aliphatic carbocycles. The number of aryl methyl sites for hydroxylation is 1. The summed E-state index contributed by atoms with van der Waals surface area (Å²) in [6.07, 6.45) is 0.759. The van der Waals surface area contributed by atoms with E-state index >= 15 is 0 Å². The fourth-order valence-electron chi connectivity index (χ4n) is 3.71. The summed E-state index contributed by atoms with van der Waals surface area (Å²) >= 11 is 1.33. The number of aromatic nitrogens is 3. The number of esters is 2. The first kappa shape index (κ1) is 21.0. The molecule has 0 radical (unpaired) electrons. The number of hydrogen-bond acceptors (Lipinski definition) is 8. The van der Waals surface area contributed by atoms with Gasteiger partial charge in [0.2, 0.25) is 4.96 Å². The minimum absolute atomic E-state index is 0.143. The molecule has 0 saturated heterocycles. The summed E-state index contributed by atoms with van der Waals surface area (Å²) < 4.78 is 12.2. The smallest absolute Gasteiger partial charge is 0.339 e. The molecule has 2 aromatic heterocycles. The first-order valence-corrected chi connectivity index (χ1v) is 11.3. The lowest BCUT2D eigenvalue weighted by Crippen LogP contribution is -2.22. The second-order valence-corrected chi connectivity index (χ2v) is 8.63. The molecule has 8 nitrogen and oxygen atoms in total. The molecule has 5 rings (SSSR count). The number of carbonyl (C=O) groups excluding carboxylic acids is 2. The van der Waals surface area contributed by atoms with E-state index in [1.54, 1.807) is 12.1 Å². The van der Waals surface area contributed by atoms with Crippen molar-refractivity contribution in [1.29, 1.82) is 0 Å². The van der Waals surface area contributed by atoms with Crippen molar-refractivity contribution in [2.24, 2.45) is 0 Å². The van der Waals surface area contributed by atoms with Gasteiger partial charge in [-0.2, -0.15) is 9.61 Å². The van der Waals surface area contributed by atoms with Crippen molar-refractivity contribution in [1.82, 2.24) is 14.6 Å². The average molecular weight is 461 g/mol. The Morgan fingerprint density at radius 2 is 2.00 bits per heavy atom. The van der Waals surface area contributed by atoms with Crippen LogP contribution >= 0.6 is 11.3 Å². The largest absolute Gasteiger partial charge is 0.456 e. The third-order valence-electron chi connectivity index (χ3n) is 5.38. The van der Waals surface area contributed by atoms with E-state index in [4.69, 9.17) is 9.47 Å². The van der Waals surface area contributed by atoms with Crippen LogP contribution in [-0.2, 0) is 28.9 Å². The molecule has 3 heterocycles. The maximum Gasteiger partial charge on any atom is 0.339 e. The Labute approximate surface area is 192 Å². The van der Waals surface area contributed by atoms with Crippen molar-refractivity contribution in [3.8, 4) is 0 Å². The van der Waals surface area contributed by atoms with Crippen LogP contribution in [0.5, 0.6) is 0 Å². The predicted octanol–water partition coefficient (Wildman–Crippen LogP) is 3.52. The van der Waals surface area contributed by atoms with Gasteiger partial charge >= 0.3 is 11.9 Å². The lowest BCUT2D eigenvalue weighted by atomic mass is 9.93. The van der Waals surface area contributed by atoms with Crippen molar-refractivity contribution in [3.05, 3.63) is 97.9 Å². The number of benzene rings is 2. The molecule has 33 heavy (non-hydrogen) atoms. The van der Waals surface area contributed by atoms with Crippen molar-refractivity contribution in [3.63, 3.8) is 0 Å². The average Bonchev–Trinajstić information content (AvgIpc) is 3.27. The monoisotopic (exact) mass is 461 g/mol. The molecule has 0 saturated carbocycles. The number of cyclic esters (lactones) is 1. The van der Waals surface area contributed by atoms with Gasteiger partial charge in [-0.15, -0.1) is 0 Å². The van der Waals surface area contributed by atoms with E-state index in [-0.39, 0.29) is 12.2 Å². The van der Waals surface area contributed by atoms with Gasteiger partial charge in [0.15, 0.2) is 0 Å². The lowest BCUT2D eigenvalue weighted by molar-refractivity contribution is 0.0251. The van der Waals surface area contributed by atoms with Crippen LogP contribution in [0.3, 0.4) is 0 Å². The van der Waals surface area contributed by atoms with Gasteiger partial charge in [0.1, 0.15) is 17.7 Å². The van der Waals surface area contributed by atoms with Crippen LogP contribution in [0.25, 0.3) is 4.96 Å². The predicted molar refractivity (Wildman–Crippen MR) is 120 cm³/mol. The Kier molecular flexibility index (Phi) is 5.47. The van der Waals surface area contributed by atoms with Gasteiger partial charge in [0.25, 0.3) is 5.56 Å². The van der Waals surface area contributed by atoms with Gasteiger partial charge in [0, 0.05) is 12.5 Å². The highest BCUT2D eigenvalue weighted by atomic mass is 32.1. The van der Waals surface area contributed by atoms with Crippen LogP contribution < -0.4 is 5.56 Å². The molecule has 1 aliphatic rings. The molecular formula is C24H19N3O5S. The standard InChI is InChI=1S/C24H19N3O5S/c1-2-20-26-27-21(28)12-17(25-24(27)33-20)13-31-22(29)15-8-9-18-16(10-15)11-19(32-23(18)30)14-6-4-3-5-7-14/h3-10,12,19H,2,11,13H2,1H3. The summed E-state index contributed by atoms with van der Waals surface area (Å²) in [6.45, 7) is 1.81. The fourth-order valence-corrected chi connectivity index (χ4v) is 4.57. The van der Waals surface area contributed by atoms with Crippen molar-refractivity contribution in [2.45, 2.75) is 32.5 Å². The highest BCUT2D eigenvalue weighted by molar-refractivity contribution is 7.16. The maximum absolute atomic E-state index is 12.7. The minimum atomic E-state index is -0.562. The molecule has 1 atom stereocenters. The second kappa shape index (κ2) is 8.59. The van der Waals surface area contributed by atoms with Gasteiger partial charge < -0.3 is 9.47 Å². The summed E-state index contributed by atoms with van der Waals surface area (Å²) in [4.78, 5) is 42.2. The molecule has 0 spiro atoms. The number of nitrogens with zero attached hydrogens (tertiary/aromatic N) is 3. The summed E-state index contributed by atoms with van der Waals surface area (Å²) in [5.74, 6) is -0.979. The summed E-state index contributed by atoms with van der Waals surface area (Å²) in [5, 5.41) is 5.01. The van der Waals surface area contributed by atoms with E-state index in [1.807, 2.05) is 37.3 Å². The van der Waals surface area contributed by atoms with Gasteiger partial charge in [-0.1, -0.05) is 48.6 Å². The SMILES string of the molecule is CCc1nn2c(=O)cc(COC(=O)c3ccc4c(c3)CC(c3ccccc3)OC4=O)nc2s1. The maximum atomic E-state index is 12.7. The Morgan fingerprint density at radius 3 is 2.79 bits per heavy atom. The van der Waals surface area contributed by atoms with Crippen LogP contribution in [0.1, 0.15) is 55.6 Å². The van der Waals surface area contributed by atoms with Crippen LogP contribution in [0.4, 0.5) is 0 Å². The van der Waals surface area contributed by atoms with Gasteiger partial charge in [0.05, 0.1) is 16.8 Å². The molecular weight excluding hydrogens is 442 g/mol. The molecule has 166 valence electrons. The van der Waals surface area contributed by atoms with E-state index in [9.17, 15) is 14.4 Å². The highest BCUT2D eigenvalue weighted by Gasteiger charge is 2.28. The molecule has 0 N–H and O–H groups in total. The normalized spacial score (nSPS) is 15.2. The fraction of sp³-hybridized carbons (Fsp3) is 0.208. The quantitative estimate of drug-likeness (QED) is 0.419. The summed E-state index contributed by atoms with van der Waals surface area (Å²) in [7, 11) is 0. The Balaban J connectivity index is 1.33. The molecule has 1 aliphatic heterocycles. The number of carbonyl (C=O) groups is 2. The number of ether oxygens (including phenoxy) is 2. The molecule has 0 bridgehead atoms. The van der Waals surface area contributed by atoms with Crippen molar-refractivity contribution >= 4 is 28.2 Å². The van der Waals surface area contributed by atoms with Gasteiger partial charge in [-0.3, -0.25) is 4.79 Å². The summed E-state index contributed by atoms with van der Waals surface area (Å²) in [6, 6.07) is 15.6. The third kappa shape index (κ3) is 4.14. The van der Waals surface area contributed by atoms with Crippen molar-refractivity contribution < 1.29 is 19.1 Å². The van der Waals surface area contributed by atoms with Crippen molar-refractivity contribution in [2.75, 3.05) is 0 Å². The number of rotatable bonds is 5. The zero-order valence-corrected chi connectivity index (χ0v) is 18.5. The Hall–Kier alpha value is -3.85. The second-order valence-electron chi connectivity index (χ2n) is 7.59. The lowest BCUT2D eigenvalue weighted by Gasteiger charge is -2.25. The van der Waals surface area contributed by atoms with E-state index < -0.39 is 18.0 Å². The molecule has 2 aromatic carbocycles. The number of fused-ring (bicyclic) bond motifs is 2. The highest BCUT2D eigenvalue weighted by Crippen LogP contribution is 2.31. The zero-order chi connectivity index (χ0) is 22.9. The number of hydrogen-bond donors (Lipinski definition) is 0. The third-order valence-corrected chi connectivity index (χ3v) is 6.43. The van der Waals surface area contributed by atoms with Gasteiger partial charge in [-0.05, 0) is 35.7 Å². The van der Waals surface area contributed by atoms with E-state index in [2.05, 4.69) is 10.1 Å². The first-order chi connectivity index (χ1) is 16.0. The van der Waals surface area contributed by atoms with Crippen LogP contribution in [0, 0.1) is 0 Å². The summed E-state index contributed by atoms with van der Waals surface area (Å²) in [5.41, 5.74) is 2.41. The first-order valence-electron chi connectivity index (χ1n) is 10.5. The molecule has 4 aromatic rings.